The minimum Gasteiger partial charge on any atom is -0.444 e. The summed E-state index contributed by atoms with van der Waals surface area (Å²) in [5.74, 6) is -0.00265. The summed E-state index contributed by atoms with van der Waals surface area (Å²) in [4.78, 5) is 32.5. The van der Waals surface area contributed by atoms with Crippen molar-refractivity contribution in [2.45, 2.75) is 57.8 Å². The van der Waals surface area contributed by atoms with Crippen LogP contribution in [0.5, 0.6) is 0 Å². The van der Waals surface area contributed by atoms with Gasteiger partial charge in [0.15, 0.2) is 0 Å². The van der Waals surface area contributed by atoms with E-state index >= 15 is 0 Å². The topological polar surface area (TPSA) is 104 Å². The van der Waals surface area contributed by atoms with Crippen molar-refractivity contribution >= 4 is 38.6 Å². The molecule has 0 radical (unpaired) electrons. The Hall–Kier alpha value is -3.41. The van der Waals surface area contributed by atoms with E-state index in [2.05, 4.69) is 9.40 Å². The number of anilines is 1. The second-order valence-corrected chi connectivity index (χ2v) is 12.9. The zero-order chi connectivity index (χ0) is 28.0. The third kappa shape index (κ3) is 5.21. The zero-order valence-electron chi connectivity index (χ0n) is 22.9. The Labute approximate surface area is 234 Å². The SMILES string of the molecule is Cc1cc(C(=O)N2CCC(N3C(=O)OCc4ccccc43)CC2)cc2ccn(C[C@H]3CCCN3NS(C)(=O)=O)c12. The number of amides is 2. The Bertz CT molecular complexity index is 1560. The highest BCUT2D eigenvalue weighted by Crippen LogP contribution is 2.32. The van der Waals surface area contributed by atoms with Crippen molar-refractivity contribution in [3.8, 4) is 0 Å². The van der Waals surface area contributed by atoms with Crippen molar-refractivity contribution < 1.29 is 22.7 Å². The van der Waals surface area contributed by atoms with Gasteiger partial charge in [0.1, 0.15) is 6.61 Å². The molecule has 2 fully saturated rings. The number of aromatic nitrogens is 1. The predicted octanol–water partition coefficient (Wildman–Crippen LogP) is 3.64. The molecule has 10 nitrogen and oxygen atoms in total. The lowest BCUT2D eigenvalue weighted by Crippen LogP contribution is -2.50. The molecule has 2 saturated heterocycles. The van der Waals surface area contributed by atoms with Crippen molar-refractivity contribution in [1.82, 2.24) is 19.3 Å². The van der Waals surface area contributed by atoms with Gasteiger partial charge in [-0.3, -0.25) is 9.69 Å². The molecule has 0 aliphatic carbocycles. The van der Waals surface area contributed by atoms with Gasteiger partial charge in [0.2, 0.25) is 10.0 Å². The standard InChI is InChI=1S/C29H35N5O5S/c1-20-16-23(17-21-9-13-32(27(20)21)18-25-7-5-12-33(25)30-40(2,37)38)28(35)31-14-10-24(11-15-31)34-26-8-4-3-6-22(26)19-39-29(34)36/h3-4,6,8-9,13,16-17,24-25,30H,5,7,10-12,14-15,18-19H2,1-2H3/t25-/m1/s1. The maximum Gasteiger partial charge on any atom is 0.414 e. The Morgan fingerprint density at radius 2 is 1.85 bits per heavy atom. The molecular formula is C29H35N5O5S. The quantitative estimate of drug-likeness (QED) is 0.490. The van der Waals surface area contributed by atoms with Crippen LogP contribution in [0, 0.1) is 6.92 Å². The summed E-state index contributed by atoms with van der Waals surface area (Å²) in [5.41, 5.74) is 4.63. The molecule has 0 unspecified atom stereocenters. The van der Waals surface area contributed by atoms with Gasteiger partial charge in [-0.2, -0.15) is 0 Å². The maximum atomic E-state index is 13.5. The molecule has 0 spiro atoms. The number of nitrogens with one attached hydrogen (secondary N) is 1. The van der Waals surface area contributed by atoms with Gasteiger partial charge in [0, 0.05) is 61.0 Å². The molecule has 1 N–H and O–H groups in total. The van der Waals surface area contributed by atoms with E-state index in [0.717, 1.165) is 40.6 Å². The lowest BCUT2D eigenvalue weighted by atomic mass is 9.99. The van der Waals surface area contributed by atoms with Crippen LogP contribution in [0.1, 0.15) is 47.2 Å². The highest BCUT2D eigenvalue weighted by Gasteiger charge is 2.35. The van der Waals surface area contributed by atoms with Gasteiger partial charge in [-0.05, 0) is 62.4 Å². The fourth-order valence-corrected chi connectivity index (χ4v) is 7.13. The van der Waals surface area contributed by atoms with Gasteiger partial charge >= 0.3 is 6.09 Å². The van der Waals surface area contributed by atoms with E-state index in [-0.39, 0.29) is 24.1 Å². The fourth-order valence-electron chi connectivity index (χ4n) is 6.46. The summed E-state index contributed by atoms with van der Waals surface area (Å²) in [6.45, 7) is 4.80. The summed E-state index contributed by atoms with van der Waals surface area (Å²) in [5, 5.41) is 2.81. The maximum absolute atomic E-state index is 13.5. The number of sulfonamides is 1. The van der Waals surface area contributed by atoms with Crippen molar-refractivity contribution in [3.63, 3.8) is 0 Å². The molecule has 4 heterocycles. The van der Waals surface area contributed by atoms with Crippen LogP contribution in [-0.4, -0.2) is 72.9 Å². The third-order valence-electron chi connectivity index (χ3n) is 8.28. The normalized spacial score (nSPS) is 20.6. The van der Waals surface area contributed by atoms with Crippen LogP contribution in [0.25, 0.3) is 10.9 Å². The van der Waals surface area contributed by atoms with Crippen LogP contribution in [0.3, 0.4) is 0 Å². The molecule has 2 amide bonds. The van der Waals surface area contributed by atoms with Crippen LogP contribution >= 0.6 is 0 Å². The molecule has 1 aromatic heterocycles. The lowest BCUT2D eigenvalue weighted by Gasteiger charge is -2.40. The van der Waals surface area contributed by atoms with Gasteiger partial charge in [-0.15, -0.1) is 4.83 Å². The highest BCUT2D eigenvalue weighted by molar-refractivity contribution is 7.88. The molecule has 6 rings (SSSR count). The number of likely N-dealkylation sites (tertiary alicyclic amines) is 1. The molecular weight excluding hydrogens is 530 g/mol. The summed E-state index contributed by atoms with van der Waals surface area (Å²) in [6, 6.07) is 13.8. The van der Waals surface area contributed by atoms with E-state index in [4.69, 9.17) is 4.74 Å². The number of para-hydroxylation sites is 1. The first kappa shape index (κ1) is 26.8. The molecule has 11 heteroatoms. The van der Waals surface area contributed by atoms with Crippen LogP contribution in [0.2, 0.25) is 0 Å². The Morgan fingerprint density at radius 1 is 1.07 bits per heavy atom. The molecule has 3 aliphatic rings. The number of aryl methyl sites for hydroxylation is 1. The molecule has 1 atom stereocenters. The Kier molecular flexibility index (Phi) is 7.05. The van der Waals surface area contributed by atoms with E-state index < -0.39 is 10.0 Å². The monoisotopic (exact) mass is 565 g/mol. The molecule has 2 aromatic carbocycles. The molecule has 0 saturated carbocycles. The summed E-state index contributed by atoms with van der Waals surface area (Å²) in [6.07, 6.45) is 6.10. The number of nitrogens with zero attached hydrogens (tertiary/aromatic N) is 4. The second-order valence-electron chi connectivity index (χ2n) is 11.1. The first-order chi connectivity index (χ1) is 19.2. The number of ether oxygens (including phenoxy) is 1. The largest absolute Gasteiger partial charge is 0.444 e. The predicted molar refractivity (Wildman–Crippen MR) is 152 cm³/mol. The van der Waals surface area contributed by atoms with Gasteiger partial charge in [-0.1, -0.05) is 18.2 Å². The van der Waals surface area contributed by atoms with E-state index in [1.807, 2.05) is 65.5 Å². The van der Waals surface area contributed by atoms with E-state index in [0.29, 0.717) is 51.2 Å². The first-order valence-electron chi connectivity index (χ1n) is 13.8. The minimum absolute atomic E-state index is 0.00265. The molecule has 0 bridgehead atoms. The summed E-state index contributed by atoms with van der Waals surface area (Å²) >= 11 is 0. The van der Waals surface area contributed by atoms with E-state index in [9.17, 15) is 18.0 Å². The van der Waals surface area contributed by atoms with Gasteiger partial charge in [0.25, 0.3) is 5.91 Å². The molecule has 3 aliphatic heterocycles. The number of hydrogen-bond acceptors (Lipinski definition) is 6. The number of rotatable bonds is 6. The Morgan fingerprint density at radius 3 is 2.62 bits per heavy atom. The average molecular weight is 566 g/mol. The van der Waals surface area contributed by atoms with E-state index in [1.165, 1.54) is 6.26 Å². The van der Waals surface area contributed by atoms with Crippen molar-refractivity contribution in [1.29, 1.82) is 0 Å². The van der Waals surface area contributed by atoms with Gasteiger partial charge in [-0.25, -0.2) is 18.2 Å². The highest BCUT2D eigenvalue weighted by atomic mass is 32.2. The number of benzene rings is 2. The second kappa shape index (κ2) is 10.5. The number of hydrazine groups is 1. The van der Waals surface area contributed by atoms with Crippen molar-refractivity contribution in [3.05, 3.63) is 65.4 Å². The summed E-state index contributed by atoms with van der Waals surface area (Å²) in [7, 11) is -3.32. The van der Waals surface area contributed by atoms with Crippen LogP contribution in [-0.2, 0) is 27.9 Å². The smallest absolute Gasteiger partial charge is 0.414 e. The van der Waals surface area contributed by atoms with E-state index in [1.54, 1.807) is 4.90 Å². The lowest BCUT2D eigenvalue weighted by molar-refractivity contribution is 0.0708. The zero-order valence-corrected chi connectivity index (χ0v) is 23.7. The number of carbonyl (C=O) groups is 2. The summed E-state index contributed by atoms with van der Waals surface area (Å²) < 4.78 is 31.1. The number of carbonyl (C=O) groups excluding carboxylic acids is 2. The van der Waals surface area contributed by atoms with Crippen molar-refractivity contribution in [2.24, 2.45) is 0 Å². The average Bonchev–Trinajstić information content (AvgIpc) is 3.54. The first-order valence-corrected chi connectivity index (χ1v) is 15.7. The number of hydrogen-bond donors (Lipinski definition) is 1. The number of fused-ring (bicyclic) bond motifs is 2. The molecule has 40 heavy (non-hydrogen) atoms. The van der Waals surface area contributed by atoms with Crippen LogP contribution < -0.4 is 9.73 Å². The molecule has 3 aromatic rings. The minimum atomic E-state index is -3.32. The Balaban J connectivity index is 1.15. The van der Waals surface area contributed by atoms with Gasteiger partial charge < -0.3 is 14.2 Å². The number of piperidine rings is 1. The van der Waals surface area contributed by atoms with Crippen LogP contribution in [0.15, 0.2) is 48.7 Å². The third-order valence-corrected chi connectivity index (χ3v) is 8.85. The molecule has 212 valence electrons. The fraction of sp³-hybridized carbons (Fsp3) is 0.448. The van der Waals surface area contributed by atoms with Crippen LogP contribution in [0.4, 0.5) is 10.5 Å². The van der Waals surface area contributed by atoms with Gasteiger partial charge in [0.05, 0.1) is 17.5 Å². The van der Waals surface area contributed by atoms with Crippen molar-refractivity contribution in [2.75, 3.05) is 30.8 Å². The number of cyclic esters (lactones) is 1.